The summed E-state index contributed by atoms with van der Waals surface area (Å²) >= 11 is 0. The van der Waals surface area contributed by atoms with E-state index in [1.54, 1.807) is 23.0 Å². The molecule has 0 saturated heterocycles. The topological polar surface area (TPSA) is 72.5 Å². The van der Waals surface area contributed by atoms with Gasteiger partial charge in [0, 0.05) is 6.20 Å². The molecule has 3 aliphatic rings. The van der Waals surface area contributed by atoms with E-state index in [1.165, 1.54) is 6.20 Å². The summed E-state index contributed by atoms with van der Waals surface area (Å²) < 4.78 is 1.68. The predicted molar refractivity (Wildman–Crippen MR) is 50.8 cm³/mol. The van der Waals surface area contributed by atoms with Gasteiger partial charge in [-0.1, -0.05) is 0 Å². The monoisotopic (exact) mass is 199 g/mol. The molecule has 0 unspecified atom stereocenters. The standard InChI is InChI=1S/C9H5N5O/c15-9-8(5-11-13-9)14-3-1-2-6-7(14)4-10-12-6/h1-5H. The molecule has 6 heteroatoms. The second-order valence-corrected chi connectivity index (χ2v) is 3.03. The molecule has 3 aliphatic heterocycles. The SMILES string of the molecule is O=C1N=NC=C1n1cccc2nncc1-2. The first kappa shape index (κ1) is 7.98. The maximum absolute atomic E-state index is 11.3. The van der Waals surface area contributed by atoms with E-state index in [0.29, 0.717) is 5.70 Å². The normalized spacial score (nSPS) is 14.9. The Bertz CT molecular complexity index is 568. The number of azo groups is 1. The highest BCUT2D eigenvalue weighted by molar-refractivity contribution is 6.15. The van der Waals surface area contributed by atoms with Gasteiger partial charge >= 0.3 is 5.91 Å². The van der Waals surface area contributed by atoms with Crippen LogP contribution in [0.3, 0.4) is 0 Å². The summed E-state index contributed by atoms with van der Waals surface area (Å²) in [5.74, 6) is -0.353. The molecule has 0 atom stereocenters. The van der Waals surface area contributed by atoms with Gasteiger partial charge in [-0.05, 0) is 12.1 Å². The van der Waals surface area contributed by atoms with Crippen molar-refractivity contribution >= 4 is 11.6 Å². The van der Waals surface area contributed by atoms with Crippen LogP contribution in [0.25, 0.3) is 17.1 Å². The zero-order chi connectivity index (χ0) is 10.3. The van der Waals surface area contributed by atoms with E-state index in [9.17, 15) is 4.79 Å². The zero-order valence-corrected chi connectivity index (χ0v) is 7.53. The van der Waals surface area contributed by atoms with Crippen LogP contribution in [0.4, 0.5) is 0 Å². The zero-order valence-electron chi connectivity index (χ0n) is 7.53. The van der Waals surface area contributed by atoms with Gasteiger partial charge < -0.3 is 4.57 Å². The van der Waals surface area contributed by atoms with Crippen molar-refractivity contribution in [1.29, 1.82) is 0 Å². The average Bonchev–Trinajstić information content (AvgIpc) is 2.85. The fourth-order valence-electron chi connectivity index (χ4n) is 1.49. The van der Waals surface area contributed by atoms with Crippen LogP contribution in [0.15, 0.2) is 41.0 Å². The Labute approximate surface area is 84.3 Å². The molecule has 0 aromatic rings. The van der Waals surface area contributed by atoms with Crippen LogP contribution in [0.5, 0.6) is 0 Å². The maximum Gasteiger partial charge on any atom is 0.314 e. The van der Waals surface area contributed by atoms with Crippen molar-refractivity contribution in [2.75, 3.05) is 0 Å². The van der Waals surface area contributed by atoms with Gasteiger partial charge in [0.05, 0.1) is 18.1 Å². The minimum atomic E-state index is -0.353. The molecule has 0 saturated carbocycles. The average molecular weight is 199 g/mol. The Kier molecular flexibility index (Phi) is 1.49. The van der Waals surface area contributed by atoms with E-state index in [1.807, 2.05) is 6.07 Å². The fraction of sp³-hybridized carbons (Fsp3) is 0. The Morgan fingerprint density at radius 1 is 1.33 bits per heavy atom. The van der Waals surface area contributed by atoms with Gasteiger partial charge in [-0.25, -0.2) is 0 Å². The van der Waals surface area contributed by atoms with Crippen molar-refractivity contribution in [2.45, 2.75) is 0 Å². The number of carbonyl (C=O) groups is 1. The van der Waals surface area contributed by atoms with E-state index in [0.717, 1.165) is 11.4 Å². The highest BCUT2D eigenvalue weighted by Gasteiger charge is 2.19. The molecule has 72 valence electrons. The Morgan fingerprint density at radius 2 is 2.27 bits per heavy atom. The van der Waals surface area contributed by atoms with E-state index in [2.05, 4.69) is 20.4 Å². The predicted octanol–water partition coefficient (Wildman–Crippen LogP) is 1.17. The van der Waals surface area contributed by atoms with E-state index >= 15 is 0 Å². The molecule has 6 nitrogen and oxygen atoms in total. The van der Waals surface area contributed by atoms with Gasteiger partial charge in [-0.2, -0.15) is 10.2 Å². The summed E-state index contributed by atoms with van der Waals surface area (Å²) in [5.41, 5.74) is 1.91. The third-order valence-electron chi connectivity index (χ3n) is 2.16. The molecule has 0 spiro atoms. The van der Waals surface area contributed by atoms with Gasteiger partial charge in [-0.15, -0.1) is 10.2 Å². The molecule has 3 heterocycles. The Morgan fingerprint density at radius 3 is 3.07 bits per heavy atom. The van der Waals surface area contributed by atoms with Crippen molar-refractivity contribution in [3.8, 4) is 11.4 Å². The molecular weight excluding hydrogens is 194 g/mol. The fourth-order valence-corrected chi connectivity index (χ4v) is 1.49. The number of hydrogen-bond donors (Lipinski definition) is 0. The number of fused-ring (bicyclic) bond motifs is 1. The summed E-state index contributed by atoms with van der Waals surface area (Å²) in [4.78, 5) is 11.3. The molecule has 0 bridgehead atoms. The van der Waals surface area contributed by atoms with E-state index in [4.69, 9.17) is 0 Å². The quantitative estimate of drug-likeness (QED) is 0.692. The molecule has 1 amide bonds. The van der Waals surface area contributed by atoms with Crippen LogP contribution in [0.2, 0.25) is 0 Å². The molecule has 3 rings (SSSR count). The maximum atomic E-state index is 11.3. The molecule has 0 aromatic carbocycles. The molecule has 15 heavy (non-hydrogen) atoms. The number of aromatic nitrogens is 3. The summed E-state index contributed by atoms with van der Waals surface area (Å²) in [6, 6.07) is 3.62. The molecule has 0 aromatic heterocycles. The Hall–Kier alpha value is -2.37. The van der Waals surface area contributed by atoms with Gasteiger partial charge in [0.15, 0.2) is 0 Å². The largest absolute Gasteiger partial charge is 0.314 e. The van der Waals surface area contributed by atoms with Gasteiger partial charge in [0.25, 0.3) is 0 Å². The lowest BCUT2D eigenvalue weighted by molar-refractivity contribution is -0.113. The third-order valence-corrected chi connectivity index (χ3v) is 2.16. The highest BCUT2D eigenvalue weighted by Crippen LogP contribution is 2.23. The number of rotatable bonds is 1. The first-order valence-electron chi connectivity index (χ1n) is 4.31. The minimum Gasteiger partial charge on any atom is -0.307 e. The second-order valence-electron chi connectivity index (χ2n) is 3.03. The number of carbonyl (C=O) groups excluding carboxylic acids is 1. The van der Waals surface area contributed by atoms with Crippen LogP contribution in [0.1, 0.15) is 0 Å². The van der Waals surface area contributed by atoms with Crippen molar-refractivity contribution in [3.63, 3.8) is 0 Å². The minimum absolute atomic E-state index is 0.353. The van der Waals surface area contributed by atoms with Crippen LogP contribution in [-0.2, 0) is 4.79 Å². The first-order valence-corrected chi connectivity index (χ1v) is 4.31. The lowest BCUT2D eigenvalue weighted by Gasteiger charge is -2.08. The van der Waals surface area contributed by atoms with Crippen LogP contribution < -0.4 is 0 Å². The van der Waals surface area contributed by atoms with Crippen molar-refractivity contribution in [3.05, 3.63) is 30.7 Å². The summed E-state index contributed by atoms with van der Waals surface area (Å²) in [5, 5.41) is 14.7. The lowest BCUT2D eigenvalue weighted by atomic mass is 10.2. The first-order chi connectivity index (χ1) is 7.36. The van der Waals surface area contributed by atoms with E-state index < -0.39 is 0 Å². The molecule has 0 aliphatic carbocycles. The van der Waals surface area contributed by atoms with Crippen LogP contribution in [0, 0.1) is 0 Å². The molecular formula is C9H5N5O. The van der Waals surface area contributed by atoms with E-state index in [-0.39, 0.29) is 5.91 Å². The molecule has 0 fully saturated rings. The van der Waals surface area contributed by atoms with Crippen molar-refractivity contribution in [2.24, 2.45) is 10.2 Å². The number of pyridine rings is 1. The van der Waals surface area contributed by atoms with Crippen molar-refractivity contribution in [1.82, 2.24) is 14.8 Å². The molecule has 0 N–H and O–H groups in total. The summed E-state index contributed by atoms with van der Waals surface area (Å²) in [7, 11) is 0. The smallest absolute Gasteiger partial charge is 0.307 e. The van der Waals surface area contributed by atoms with Crippen LogP contribution in [-0.4, -0.2) is 20.7 Å². The van der Waals surface area contributed by atoms with Gasteiger partial charge in [0.2, 0.25) is 0 Å². The number of amides is 1. The lowest BCUT2D eigenvalue weighted by Crippen LogP contribution is -2.06. The third kappa shape index (κ3) is 1.08. The summed E-state index contributed by atoms with van der Waals surface area (Å²) in [6.07, 6.45) is 4.78. The van der Waals surface area contributed by atoms with Crippen LogP contribution >= 0.6 is 0 Å². The number of hydrogen-bond acceptors (Lipinski definition) is 4. The second kappa shape index (κ2) is 2.81. The Balaban J connectivity index is 2.21. The number of nitrogens with zero attached hydrogens (tertiary/aromatic N) is 5. The van der Waals surface area contributed by atoms with Gasteiger partial charge in [-0.3, -0.25) is 4.79 Å². The van der Waals surface area contributed by atoms with Gasteiger partial charge in [0.1, 0.15) is 11.4 Å². The summed E-state index contributed by atoms with van der Waals surface area (Å²) in [6.45, 7) is 0. The van der Waals surface area contributed by atoms with Crippen molar-refractivity contribution < 1.29 is 4.79 Å². The highest BCUT2D eigenvalue weighted by atomic mass is 16.2. The molecule has 0 radical (unpaired) electrons.